The maximum atomic E-state index is 11.1. The first-order valence-electron chi connectivity index (χ1n) is 11.5. The molecule has 33 heavy (non-hydrogen) atoms. The standard InChI is InChI=1S/C21H25NO2.C9H12/c1-13-9-15(3)19(16(4)10-13)12-22-20-8-6-7-14(2)18(20)11-17(5)21(23)24;1-3-9-6-4-5-8(2)7-9/h6-11,22H,12H2,1-5H3,(H,23,24);4-7H,3H2,1-2H3/b17-11+;. The molecule has 0 heterocycles. The molecule has 0 atom stereocenters. The molecule has 3 heteroatoms. The molecule has 0 aliphatic carbocycles. The van der Waals surface area contributed by atoms with Crippen LogP contribution in [-0.2, 0) is 17.8 Å². The number of rotatable bonds is 6. The van der Waals surface area contributed by atoms with Crippen LogP contribution in [0.4, 0.5) is 5.69 Å². The SMILES string of the molecule is C/C(=C\c1c(C)cccc1NCc1c(C)cc(C)cc1C)C(=O)O.CCc1cccc(C)c1. The van der Waals surface area contributed by atoms with E-state index in [9.17, 15) is 4.79 Å². The van der Waals surface area contributed by atoms with E-state index in [0.717, 1.165) is 23.2 Å². The Hall–Kier alpha value is -3.33. The monoisotopic (exact) mass is 443 g/mol. The number of hydrogen-bond donors (Lipinski definition) is 2. The van der Waals surface area contributed by atoms with Crippen molar-refractivity contribution in [3.05, 3.63) is 105 Å². The first kappa shape index (κ1) is 25.9. The second-order valence-electron chi connectivity index (χ2n) is 8.74. The number of aryl methyl sites for hydroxylation is 6. The van der Waals surface area contributed by atoms with Gasteiger partial charge in [0.2, 0.25) is 0 Å². The lowest BCUT2D eigenvalue weighted by Crippen LogP contribution is -2.06. The van der Waals surface area contributed by atoms with E-state index < -0.39 is 5.97 Å². The van der Waals surface area contributed by atoms with Crippen LogP contribution in [0.15, 0.2) is 60.2 Å². The predicted octanol–water partition coefficient (Wildman–Crippen LogP) is 7.58. The van der Waals surface area contributed by atoms with Crippen molar-refractivity contribution in [1.82, 2.24) is 0 Å². The van der Waals surface area contributed by atoms with Crippen molar-refractivity contribution in [2.45, 2.75) is 61.4 Å². The lowest BCUT2D eigenvalue weighted by atomic mass is 9.99. The van der Waals surface area contributed by atoms with Gasteiger partial charge in [0.15, 0.2) is 0 Å². The first-order valence-corrected chi connectivity index (χ1v) is 11.5. The topological polar surface area (TPSA) is 49.3 Å². The average molecular weight is 444 g/mol. The van der Waals surface area contributed by atoms with E-state index in [1.165, 1.54) is 33.4 Å². The van der Waals surface area contributed by atoms with Gasteiger partial charge in [0, 0.05) is 23.4 Å². The normalized spacial score (nSPS) is 10.9. The molecule has 2 N–H and O–H groups in total. The minimum Gasteiger partial charge on any atom is -0.478 e. The van der Waals surface area contributed by atoms with Crippen LogP contribution in [0.2, 0.25) is 0 Å². The van der Waals surface area contributed by atoms with Gasteiger partial charge in [-0.05, 0) is 87.9 Å². The van der Waals surface area contributed by atoms with Gasteiger partial charge in [0.05, 0.1) is 0 Å². The van der Waals surface area contributed by atoms with Crippen LogP contribution in [0.25, 0.3) is 6.08 Å². The first-order chi connectivity index (χ1) is 15.6. The van der Waals surface area contributed by atoms with Crippen LogP contribution in [0.5, 0.6) is 0 Å². The van der Waals surface area contributed by atoms with Gasteiger partial charge in [-0.2, -0.15) is 0 Å². The minimum absolute atomic E-state index is 0.329. The fraction of sp³-hybridized carbons (Fsp3) is 0.300. The smallest absolute Gasteiger partial charge is 0.331 e. The predicted molar refractivity (Wildman–Crippen MR) is 141 cm³/mol. The second kappa shape index (κ2) is 12.1. The molecular weight excluding hydrogens is 406 g/mol. The van der Waals surface area contributed by atoms with Crippen LogP contribution >= 0.6 is 0 Å². The van der Waals surface area contributed by atoms with E-state index >= 15 is 0 Å². The molecule has 0 spiro atoms. The summed E-state index contributed by atoms with van der Waals surface area (Å²) in [5, 5.41) is 12.6. The van der Waals surface area contributed by atoms with Gasteiger partial charge < -0.3 is 10.4 Å². The fourth-order valence-electron chi connectivity index (χ4n) is 3.91. The van der Waals surface area contributed by atoms with Crippen LogP contribution in [-0.4, -0.2) is 11.1 Å². The fourth-order valence-corrected chi connectivity index (χ4v) is 3.91. The third-order valence-corrected chi connectivity index (χ3v) is 5.81. The summed E-state index contributed by atoms with van der Waals surface area (Å²) in [5.41, 5.74) is 11.1. The number of nitrogens with one attached hydrogen (secondary N) is 1. The third kappa shape index (κ3) is 7.64. The molecule has 0 aliphatic rings. The minimum atomic E-state index is -0.894. The molecule has 0 saturated carbocycles. The Morgan fingerprint density at radius 1 is 0.879 bits per heavy atom. The second-order valence-corrected chi connectivity index (χ2v) is 8.74. The Kier molecular flexibility index (Phi) is 9.47. The Bertz CT molecular complexity index is 1120. The van der Waals surface area contributed by atoms with Crippen LogP contribution in [0.1, 0.15) is 58.4 Å². The molecule has 174 valence electrons. The average Bonchev–Trinajstić information content (AvgIpc) is 2.75. The van der Waals surface area contributed by atoms with Crippen LogP contribution in [0, 0.1) is 34.6 Å². The molecule has 0 fully saturated rings. The molecule has 0 radical (unpaired) electrons. The van der Waals surface area contributed by atoms with Crippen LogP contribution in [0.3, 0.4) is 0 Å². The van der Waals surface area contributed by atoms with E-state index in [-0.39, 0.29) is 0 Å². The summed E-state index contributed by atoms with van der Waals surface area (Å²) in [4.78, 5) is 11.1. The third-order valence-electron chi connectivity index (χ3n) is 5.81. The van der Waals surface area contributed by atoms with E-state index in [1.807, 2.05) is 25.1 Å². The zero-order chi connectivity index (χ0) is 24.5. The van der Waals surface area contributed by atoms with Gasteiger partial charge in [-0.3, -0.25) is 0 Å². The summed E-state index contributed by atoms with van der Waals surface area (Å²) in [5.74, 6) is -0.894. The number of carboxylic acid groups (broad SMARTS) is 1. The molecule has 0 aliphatic heterocycles. The number of hydrogen-bond acceptors (Lipinski definition) is 2. The maximum absolute atomic E-state index is 11.1. The summed E-state index contributed by atoms with van der Waals surface area (Å²) in [6.45, 7) is 15.0. The summed E-state index contributed by atoms with van der Waals surface area (Å²) < 4.78 is 0. The van der Waals surface area contributed by atoms with Crippen molar-refractivity contribution in [3.63, 3.8) is 0 Å². The molecule has 0 amide bonds. The quantitative estimate of drug-likeness (QED) is 0.386. The van der Waals surface area contributed by atoms with Crippen molar-refractivity contribution >= 4 is 17.7 Å². The largest absolute Gasteiger partial charge is 0.478 e. The Balaban J connectivity index is 0.000000357. The molecule has 0 saturated heterocycles. The summed E-state index contributed by atoms with van der Waals surface area (Å²) in [7, 11) is 0. The highest BCUT2D eigenvalue weighted by Crippen LogP contribution is 2.25. The highest BCUT2D eigenvalue weighted by atomic mass is 16.4. The Labute approximate surface area is 199 Å². The number of carbonyl (C=O) groups is 1. The molecule has 3 aromatic carbocycles. The molecule has 0 unspecified atom stereocenters. The zero-order valence-corrected chi connectivity index (χ0v) is 21.0. The number of aliphatic carboxylic acids is 1. The highest BCUT2D eigenvalue weighted by molar-refractivity contribution is 5.93. The van der Waals surface area contributed by atoms with Gasteiger partial charge >= 0.3 is 5.97 Å². The van der Waals surface area contributed by atoms with Crippen molar-refractivity contribution < 1.29 is 9.90 Å². The maximum Gasteiger partial charge on any atom is 0.331 e. The molecule has 3 rings (SSSR count). The number of anilines is 1. The van der Waals surface area contributed by atoms with Crippen molar-refractivity contribution in [1.29, 1.82) is 0 Å². The van der Waals surface area contributed by atoms with E-state index in [1.54, 1.807) is 13.0 Å². The van der Waals surface area contributed by atoms with Gasteiger partial charge in [0.25, 0.3) is 0 Å². The van der Waals surface area contributed by atoms with Crippen molar-refractivity contribution in [2.75, 3.05) is 5.32 Å². The summed E-state index contributed by atoms with van der Waals surface area (Å²) in [6.07, 6.45) is 2.87. The van der Waals surface area contributed by atoms with Gasteiger partial charge in [0.1, 0.15) is 0 Å². The summed E-state index contributed by atoms with van der Waals surface area (Å²) >= 11 is 0. The Morgan fingerprint density at radius 2 is 1.52 bits per heavy atom. The molecule has 0 aromatic heterocycles. The lowest BCUT2D eigenvalue weighted by Gasteiger charge is -2.16. The molecule has 0 bridgehead atoms. The van der Waals surface area contributed by atoms with E-state index in [2.05, 4.69) is 76.3 Å². The van der Waals surface area contributed by atoms with Crippen LogP contribution < -0.4 is 5.32 Å². The van der Waals surface area contributed by atoms with Gasteiger partial charge in [-0.1, -0.05) is 66.6 Å². The molecular formula is C30H37NO2. The number of carboxylic acids is 1. The summed E-state index contributed by atoms with van der Waals surface area (Å²) in [6, 6.07) is 19.0. The molecule has 3 nitrogen and oxygen atoms in total. The van der Waals surface area contributed by atoms with E-state index in [4.69, 9.17) is 5.11 Å². The Morgan fingerprint density at radius 3 is 2.06 bits per heavy atom. The van der Waals surface area contributed by atoms with Gasteiger partial charge in [-0.25, -0.2) is 4.79 Å². The van der Waals surface area contributed by atoms with Crippen molar-refractivity contribution in [3.8, 4) is 0 Å². The molecule has 3 aromatic rings. The highest BCUT2D eigenvalue weighted by Gasteiger charge is 2.09. The van der Waals surface area contributed by atoms with Gasteiger partial charge in [-0.15, -0.1) is 0 Å². The zero-order valence-electron chi connectivity index (χ0n) is 21.0. The van der Waals surface area contributed by atoms with Crippen molar-refractivity contribution in [2.24, 2.45) is 0 Å². The lowest BCUT2D eigenvalue weighted by molar-refractivity contribution is -0.132. The number of benzene rings is 3. The van der Waals surface area contributed by atoms with E-state index in [0.29, 0.717) is 12.1 Å².